The second-order valence-corrected chi connectivity index (χ2v) is 7.27. The monoisotopic (exact) mass is 349 g/mol. The quantitative estimate of drug-likeness (QED) is 0.896. The van der Waals surface area contributed by atoms with Crippen molar-refractivity contribution in [2.75, 3.05) is 13.1 Å². The van der Waals surface area contributed by atoms with E-state index in [1.807, 2.05) is 31.2 Å². The summed E-state index contributed by atoms with van der Waals surface area (Å²) in [5, 5.41) is 4.63. The first-order valence-electron chi connectivity index (χ1n) is 7.84. The molecule has 1 aliphatic rings. The van der Waals surface area contributed by atoms with E-state index in [0.717, 1.165) is 35.9 Å². The van der Waals surface area contributed by atoms with Crippen LogP contribution in [0.2, 0.25) is 5.02 Å². The van der Waals surface area contributed by atoms with Crippen LogP contribution in [-0.2, 0) is 13.1 Å². The minimum absolute atomic E-state index is 0.0763. The third-order valence-electron chi connectivity index (χ3n) is 4.00. The molecule has 0 atom stereocenters. The molecular formula is C17H20ClN3OS. The minimum atomic E-state index is -0.0763. The number of hydrogen-bond donors (Lipinski definition) is 1. The van der Waals surface area contributed by atoms with Gasteiger partial charge in [-0.3, -0.25) is 9.69 Å². The molecule has 1 saturated heterocycles. The lowest BCUT2D eigenvalue weighted by atomic mass is 10.2. The molecule has 0 unspecified atom stereocenters. The SMILES string of the molecule is Cc1nc(CN2CCCC2)sc1C(=O)NCc1ccccc1Cl. The molecule has 0 spiro atoms. The summed E-state index contributed by atoms with van der Waals surface area (Å²) in [5.41, 5.74) is 1.72. The number of aryl methyl sites for hydroxylation is 1. The standard InChI is InChI=1S/C17H20ClN3OS/c1-12-16(23-15(20-12)11-21-8-4-5-9-21)17(22)19-10-13-6-2-3-7-14(13)18/h2-3,6-7H,4-5,8-11H2,1H3,(H,19,22). The molecular weight excluding hydrogens is 330 g/mol. The lowest BCUT2D eigenvalue weighted by molar-refractivity contribution is 0.0954. The fraction of sp³-hybridized carbons (Fsp3) is 0.412. The van der Waals surface area contributed by atoms with E-state index >= 15 is 0 Å². The maximum atomic E-state index is 12.4. The first-order valence-corrected chi connectivity index (χ1v) is 9.03. The first-order chi connectivity index (χ1) is 11.1. The Kier molecular flexibility index (Phi) is 5.30. The van der Waals surface area contributed by atoms with Crippen LogP contribution in [-0.4, -0.2) is 28.9 Å². The van der Waals surface area contributed by atoms with Gasteiger partial charge in [-0.1, -0.05) is 29.8 Å². The van der Waals surface area contributed by atoms with Crippen molar-refractivity contribution in [1.29, 1.82) is 0 Å². The van der Waals surface area contributed by atoms with Crippen LogP contribution >= 0.6 is 22.9 Å². The second-order valence-electron chi connectivity index (χ2n) is 5.78. The van der Waals surface area contributed by atoms with E-state index in [-0.39, 0.29) is 5.91 Å². The maximum absolute atomic E-state index is 12.4. The van der Waals surface area contributed by atoms with Crippen LogP contribution in [0.4, 0.5) is 0 Å². The maximum Gasteiger partial charge on any atom is 0.263 e. The Balaban J connectivity index is 1.62. The molecule has 1 N–H and O–H groups in total. The summed E-state index contributed by atoms with van der Waals surface area (Å²) < 4.78 is 0. The summed E-state index contributed by atoms with van der Waals surface area (Å²) in [6.45, 7) is 5.44. The number of amides is 1. The van der Waals surface area contributed by atoms with Crippen molar-refractivity contribution >= 4 is 28.8 Å². The predicted molar refractivity (Wildman–Crippen MR) is 94.0 cm³/mol. The van der Waals surface area contributed by atoms with Gasteiger partial charge in [0.05, 0.1) is 12.2 Å². The number of carbonyl (C=O) groups is 1. The van der Waals surface area contributed by atoms with Gasteiger partial charge in [0, 0.05) is 11.6 Å². The number of thiazole rings is 1. The van der Waals surface area contributed by atoms with Crippen LogP contribution in [0.15, 0.2) is 24.3 Å². The van der Waals surface area contributed by atoms with Gasteiger partial charge in [0.15, 0.2) is 0 Å². The van der Waals surface area contributed by atoms with Gasteiger partial charge in [-0.05, 0) is 44.5 Å². The number of aromatic nitrogens is 1. The second kappa shape index (κ2) is 7.43. The lowest BCUT2D eigenvalue weighted by Crippen LogP contribution is -2.22. The normalized spacial score (nSPS) is 15.0. The zero-order valence-electron chi connectivity index (χ0n) is 13.1. The number of nitrogens with zero attached hydrogens (tertiary/aromatic N) is 2. The summed E-state index contributed by atoms with van der Waals surface area (Å²) in [6, 6.07) is 7.54. The Labute approximate surface area is 145 Å². The number of likely N-dealkylation sites (tertiary alicyclic amines) is 1. The van der Waals surface area contributed by atoms with Crippen molar-refractivity contribution in [3.63, 3.8) is 0 Å². The molecule has 2 aromatic rings. The third kappa shape index (κ3) is 4.10. The molecule has 3 rings (SSSR count). The molecule has 1 aliphatic heterocycles. The Morgan fingerprint density at radius 1 is 1.35 bits per heavy atom. The minimum Gasteiger partial charge on any atom is -0.347 e. The fourth-order valence-electron chi connectivity index (χ4n) is 2.76. The van der Waals surface area contributed by atoms with E-state index in [0.29, 0.717) is 16.4 Å². The number of benzene rings is 1. The highest BCUT2D eigenvalue weighted by atomic mass is 35.5. The van der Waals surface area contributed by atoms with E-state index in [4.69, 9.17) is 11.6 Å². The number of rotatable bonds is 5. The third-order valence-corrected chi connectivity index (χ3v) is 5.51. The molecule has 6 heteroatoms. The summed E-state index contributed by atoms with van der Waals surface area (Å²) >= 11 is 7.61. The van der Waals surface area contributed by atoms with Crippen molar-refractivity contribution in [2.45, 2.75) is 32.9 Å². The van der Waals surface area contributed by atoms with E-state index < -0.39 is 0 Å². The summed E-state index contributed by atoms with van der Waals surface area (Å²) in [4.78, 5) is 20.1. The topological polar surface area (TPSA) is 45.2 Å². The van der Waals surface area contributed by atoms with Gasteiger partial charge in [-0.2, -0.15) is 0 Å². The molecule has 1 aromatic carbocycles. The number of nitrogens with one attached hydrogen (secondary N) is 1. The van der Waals surface area contributed by atoms with E-state index in [2.05, 4.69) is 15.2 Å². The molecule has 1 amide bonds. The van der Waals surface area contributed by atoms with Gasteiger partial charge in [0.1, 0.15) is 9.88 Å². The van der Waals surface area contributed by atoms with E-state index in [9.17, 15) is 4.79 Å². The molecule has 0 saturated carbocycles. The van der Waals surface area contributed by atoms with Crippen molar-refractivity contribution in [3.8, 4) is 0 Å². The summed E-state index contributed by atoms with van der Waals surface area (Å²) in [5.74, 6) is -0.0763. The Bertz CT molecular complexity index is 695. The molecule has 4 nitrogen and oxygen atoms in total. The van der Waals surface area contributed by atoms with E-state index in [1.54, 1.807) is 0 Å². The highest BCUT2D eigenvalue weighted by molar-refractivity contribution is 7.13. The molecule has 0 radical (unpaired) electrons. The van der Waals surface area contributed by atoms with Crippen molar-refractivity contribution < 1.29 is 4.79 Å². The predicted octanol–water partition coefficient (Wildman–Crippen LogP) is 3.63. The highest BCUT2D eigenvalue weighted by Gasteiger charge is 2.18. The van der Waals surface area contributed by atoms with Gasteiger partial charge < -0.3 is 5.32 Å². The number of halogens is 1. The van der Waals surface area contributed by atoms with Gasteiger partial charge in [0.25, 0.3) is 5.91 Å². The fourth-order valence-corrected chi connectivity index (χ4v) is 3.99. The van der Waals surface area contributed by atoms with Crippen LogP contribution < -0.4 is 5.32 Å². The van der Waals surface area contributed by atoms with E-state index in [1.165, 1.54) is 24.2 Å². The summed E-state index contributed by atoms with van der Waals surface area (Å²) in [7, 11) is 0. The van der Waals surface area contributed by atoms with Crippen molar-refractivity contribution in [3.05, 3.63) is 50.4 Å². The Morgan fingerprint density at radius 3 is 2.83 bits per heavy atom. The average Bonchev–Trinajstić information content (AvgIpc) is 3.16. The average molecular weight is 350 g/mol. The van der Waals surface area contributed by atoms with Crippen molar-refractivity contribution in [2.24, 2.45) is 0 Å². The highest BCUT2D eigenvalue weighted by Crippen LogP contribution is 2.22. The van der Waals surface area contributed by atoms with Crippen LogP contribution in [0.25, 0.3) is 0 Å². The molecule has 2 heterocycles. The van der Waals surface area contributed by atoms with Gasteiger partial charge in [-0.15, -0.1) is 11.3 Å². The first kappa shape index (κ1) is 16.4. The van der Waals surface area contributed by atoms with Crippen LogP contribution in [0.3, 0.4) is 0 Å². The van der Waals surface area contributed by atoms with Gasteiger partial charge >= 0.3 is 0 Å². The molecule has 0 aliphatic carbocycles. The van der Waals surface area contributed by atoms with Crippen molar-refractivity contribution in [1.82, 2.24) is 15.2 Å². The zero-order valence-corrected chi connectivity index (χ0v) is 14.7. The van der Waals surface area contributed by atoms with Crippen LogP contribution in [0.1, 0.15) is 38.8 Å². The molecule has 122 valence electrons. The zero-order chi connectivity index (χ0) is 16.2. The molecule has 0 bridgehead atoms. The largest absolute Gasteiger partial charge is 0.347 e. The molecule has 23 heavy (non-hydrogen) atoms. The van der Waals surface area contributed by atoms with Crippen LogP contribution in [0.5, 0.6) is 0 Å². The van der Waals surface area contributed by atoms with Crippen LogP contribution in [0, 0.1) is 6.92 Å². The molecule has 1 aromatic heterocycles. The lowest BCUT2D eigenvalue weighted by Gasteiger charge is -2.11. The Morgan fingerprint density at radius 2 is 2.09 bits per heavy atom. The summed E-state index contributed by atoms with van der Waals surface area (Å²) in [6.07, 6.45) is 2.52. The van der Waals surface area contributed by atoms with Gasteiger partial charge in [0.2, 0.25) is 0 Å². The Hall–Kier alpha value is -1.43. The molecule has 1 fully saturated rings. The van der Waals surface area contributed by atoms with Gasteiger partial charge in [-0.25, -0.2) is 4.98 Å². The number of carbonyl (C=O) groups excluding carboxylic acids is 1. The smallest absolute Gasteiger partial charge is 0.263 e. The number of hydrogen-bond acceptors (Lipinski definition) is 4.